The highest BCUT2D eigenvalue weighted by molar-refractivity contribution is 6.30. The van der Waals surface area contributed by atoms with Crippen molar-refractivity contribution in [3.05, 3.63) is 29.3 Å². The minimum Gasteiger partial charge on any atom is -0.481 e. The fourth-order valence-electron chi connectivity index (χ4n) is 3.16. The Bertz CT molecular complexity index is 777. The number of aliphatic carboxylic acids is 1. The highest BCUT2D eigenvalue weighted by Crippen LogP contribution is 2.21. The number of tetrazole rings is 1. The number of rotatable bonds is 6. The van der Waals surface area contributed by atoms with Crippen molar-refractivity contribution < 1.29 is 14.7 Å². The van der Waals surface area contributed by atoms with Crippen LogP contribution in [0.1, 0.15) is 32.1 Å². The Balaban J connectivity index is 1.65. The summed E-state index contributed by atoms with van der Waals surface area (Å²) in [5.41, 5.74) is 0.769. The molecule has 8 nitrogen and oxygen atoms in total. The Morgan fingerprint density at radius 2 is 2.00 bits per heavy atom. The van der Waals surface area contributed by atoms with E-state index in [1.165, 1.54) is 4.80 Å². The van der Waals surface area contributed by atoms with Gasteiger partial charge < -0.3 is 10.0 Å². The first kappa shape index (κ1) is 18.3. The second-order valence-corrected chi connectivity index (χ2v) is 6.76. The topological polar surface area (TPSA) is 101 Å². The zero-order chi connectivity index (χ0) is 18.5. The smallest absolute Gasteiger partial charge is 0.303 e. The van der Waals surface area contributed by atoms with Gasteiger partial charge in [0, 0.05) is 29.6 Å². The van der Waals surface area contributed by atoms with Crippen LogP contribution < -0.4 is 0 Å². The molecule has 0 spiro atoms. The molecule has 1 aromatic heterocycles. The number of carbonyl (C=O) groups excluding carboxylic acids is 1. The molecule has 1 fully saturated rings. The molecule has 1 N–H and O–H groups in total. The molecule has 1 saturated heterocycles. The van der Waals surface area contributed by atoms with E-state index in [2.05, 4.69) is 15.4 Å². The monoisotopic (exact) mass is 377 g/mol. The van der Waals surface area contributed by atoms with Gasteiger partial charge in [-0.1, -0.05) is 11.6 Å². The summed E-state index contributed by atoms with van der Waals surface area (Å²) >= 11 is 5.87. The van der Waals surface area contributed by atoms with Crippen molar-refractivity contribution in [2.24, 2.45) is 0 Å². The molecular formula is C17H20ClN5O3. The van der Waals surface area contributed by atoms with Crippen LogP contribution in [0.2, 0.25) is 5.02 Å². The molecule has 3 rings (SSSR count). The van der Waals surface area contributed by atoms with Gasteiger partial charge in [-0.3, -0.25) is 9.59 Å². The second-order valence-electron chi connectivity index (χ2n) is 6.32. The first-order chi connectivity index (χ1) is 12.5. The number of carbonyl (C=O) groups is 2. The maximum absolute atomic E-state index is 12.6. The average Bonchev–Trinajstić information content (AvgIpc) is 3.09. The molecule has 1 aliphatic heterocycles. The molecule has 1 amide bonds. The molecule has 26 heavy (non-hydrogen) atoms. The molecule has 0 aliphatic carbocycles. The van der Waals surface area contributed by atoms with Crippen LogP contribution in [0.5, 0.6) is 0 Å². The first-order valence-corrected chi connectivity index (χ1v) is 8.96. The number of amides is 1. The van der Waals surface area contributed by atoms with Crippen LogP contribution in [0.25, 0.3) is 11.4 Å². The summed E-state index contributed by atoms with van der Waals surface area (Å²) in [5.74, 6) is -0.524. The quantitative estimate of drug-likeness (QED) is 0.828. The average molecular weight is 378 g/mol. The predicted molar refractivity (Wildman–Crippen MR) is 94.5 cm³/mol. The van der Waals surface area contributed by atoms with E-state index in [1.54, 1.807) is 29.2 Å². The number of hydrogen-bond donors (Lipinski definition) is 1. The van der Waals surface area contributed by atoms with Gasteiger partial charge in [0.1, 0.15) is 6.54 Å². The lowest BCUT2D eigenvalue weighted by molar-refractivity contribution is -0.140. The summed E-state index contributed by atoms with van der Waals surface area (Å²) in [6.45, 7) is 0.631. The zero-order valence-corrected chi connectivity index (χ0v) is 15.0. The summed E-state index contributed by atoms with van der Waals surface area (Å²) in [7, 11) is 0. The Labute approximate surface area is 155 Å². The standard InChI is InChI=1S/C17H20ClN5O3/c18-13-6-4-12(5-7-13)17-19-21-23(20-17)11-15(24)22-10-2-1-3-14(22)8-9-16(25)26/h4-7,14H,1-3,8-11H2,(H,25,26). The lowest BCUT2D eigenvalue weighted by Gasteiger charge is -2.35. The van der Waals surface area contributed by atoms with Gasteiger partial charge in [0.05, 0.1) is 0 Å². The van der Waals surface area contributed by atoms with Crippen LogP contribution in [0.15, 0.2) is 24.3 Å². The number of piperidine rings is 1. The van der Waals surface area contributed by atoms with Crippen molar-refractivity contribution in [2.45, 2.75) is 44.7 Å². The fraction of sp³-hybridized carbons (Fsp3) is 0.471. The van der Waals surface area contributed by atoms with Crippen LogP contribution in [0.3, 0.4) is 0 Å². The van der Waals surface area contributed by atoms with Gasteiger partial charge >= 0.3 is 5.97 Å². The van der Waals surface area contributed by atoms with Gasteiger partial charge in [0.2, 0.25) is 11.7 Å². The summed E-state index contributed by atoms with van der Waals surface area (Å²) in [5, 5.41) is 21.7. The molecule has 2 heterocycles. The number of benzene rings is 1. The Kier molecular flexibility index (Phi) is 5.82. The number of carboxylic acid groups (broad SMARTS) is 1. The highest BCUT2D eigenvalue weighted by Gasteiger charge is 2.27. The minimum atomic E-state index is -0.839. The van der Waals surface area contributed by atoms with E-state index >= 15 is 0 Å². The normalized spacial score (nSPS) is 17.3. The molecule has 2 aromatic rings. The van der Waals surface area contributed by atoms with Crippen LogP contribution in [0, 0.1) is 0 Å². The van der Waals surface area contributed by atoms with Crippen molar-refractivity contribution in [1.29, 1.82) is 0 Å². The summed E-state index contributed by atoms with van der Waals surface area (Å²) < 4.78 is 0. The number of carboxylic acids is 1. The van der Waals surface area contributed by atoms with Crippen LogP contribution >= 0.6 is 11.6 Å². The Hall–Kier alpha value is -2.48. The lowest BCUT2D eigenvalue weighted by atomic mass is 9.98. The summed E-state index contributed by atoms with van der Waals surface area (Å²) in [6, 6.07) is 7.02. The molecule has 9 heteroatoms. The van der Waals surface area contributed by atoms with Gasteiger partial charge in [-0.2, -0.15) is 4.80 Å². The van der Waals surface area contributed by atoms with Gasteiger partial charge in [-0.15, -0.1) is 10.2 Å². The first-order valence-electron chi connectivity index (χ1n) is 8.58. The van der Waals surface area contributed by atoms with Crippen molar-refractivity contribution in [2.75, 3.05) is 6.54 Å². The maximum Gasteiger partial charge on any atom is 0.303 e. The lowest BCUT2D eigenvalue weighted by Crippen LogP contribution is -2.45. The summed E-state index contributed by atoms with van der Waals surface area (Å²) in [4.78, 5) is 26.5. The molecule has 1 atom stereocenters. The van der Waals surface area contributed by atoms with E-state index in [-0.39, 0.29) is 24.9 Å². The second kappa shape index (κ2) is 8.27. The highest BCUT2D eigenvalue weighted by atomic mass is 35.5. The Morgan fingerprint density at radius 1 is 1.23 bits per heavy atom. The molecule has 1 aliphatic rings. The van der Waals surface area contributed by atoms with Crippen molar-refractivity contribution in [1.82, 2.24) is 25.1 Å². The number of likely N-dealkylation sites (tertiary alicyclic amines) is 1. The Morgan fingerprint density at radius 3 is 2.73 bits per heavy atom. The van der Waals surface area contributed by atoms with E-state index < -0.39 is 5.97 Å². The van der Waals surface area contributed by atoms with Crippen molar-refractivity contribution in [3.8, 4) is 11.4 Å². The fourth-order valence-corrected chi connectivity index (χ4v) is 3.28. The third-order valence-corrected chi connectivity index (χ3v) is 4.72. The van der Waals surface area contributed by atoms with E-state index in [0.717, 1.165) is 24.8 Å². The zero-order valence-electron chi connectivity index (χ0n) is 14.2. The molecule has 0 radical (unpaired) electrons. The van der Waals surface area contributed by atoms with E-state index in [4.69, 9.17) is 16.7 Å². The number of halogens is 1. The predicted octanol–water partition coefficient (Wildman–Crippen LogP) is 2.24. The molecule has 138 valence electrons. The molecular weight excluding hydrogens is 358 g/mol. The third kappa shape index (κ3) is 4.57. The van der Waals surface area contributed by atoms with Gasteiger partial charge in [-0.25, -0.2) is 0 Å². The van der Waals surface area contributed by atoms with Gasteiger partial charge in [0.15, 0.2) is 0 Å². The van der Waals surface area contributed by atoms with Crippen LogP contribution in [-0.2, 0) is 16.1 Å². The maximum atomic E-state index is 12.6. The van der Waals surface area contributed by atoms with Gasteiger partial charge in [0.25, 0.3) is 0 Å². The van der Waals surface area contributed by atoms with Gasteiger partial charge in [-0.05, 0) is 55.2 Å². The SMILES string of the molecule is O=C(O)CCC1CCCCN1C(=O)Cn1nnc(-c2ccc(Cl)cc2)n1. The molecule has 1 unspecified atom stereocenters. The van der Waals surface area contributed by atoms with Crippen molar-refractivity contribution >= 4 is 23.5 Å². The minimum absolute atomic E-state index is 0.00976. The van der Waals surface area contributed by atoms with E-state index in [0.29, 0.717) is 23.8 Å². The van der Waals surface area contributed by atoms with Crippen LogP contribution in [0.4, 0.5) is 0 Å². The third-order valence-electron chi connectivity index (χ3n) is 4.47. The van der Waals surface area contributed by atoms with Crippen LogP contribution in [-0.4, -0.2) is 54.7 Å². The van der Waals surface area contributed by atoms with E-state index in [9.17, 15) is 9.59 Å². The number of nitrogens with zero attached hydrogens (tertiary/aromatic N) is 5. The largest absolute Gasteiger partial charge is 0.481 e. The number of hydrogen-bond acceptors (Lipinski definition) is 5. The summed E-state index contributed by atoms with van der Waals surface area (Å²) in [6.07, 6.45) is 3.31. The number of aromatic nitrogens is 4. The molecule has 1 aromatic carbocycles. The van der Waals surface area contributed by atoms with E-state index in [1.807, 2.05) is 0 Å². The van der Waals surface area contributed by atoms with Crippen molar-refractivity contribution in [3.63, 3.8) is 0 Å². The molecule has 0 saturated carbocycles. The molecule has 0 bridgehead atoms.